The second kappa shape index (κ2) is 7.94. The molecule has 0 aromatic carbocycles. The van der Waals surface area contributed by atoms with Crippen molar-refractivity contribution in [2.45, 2.75) is 33.6 Å². The van der Waals surface area contributed by atoms with Gasteiger partial charge in [-0.25, -0.2) is 9.97 Å². The SMILES string of the molecule is CCCc1c(Cl)ncnc1N(CC)CC(=O)NCC. The quantitative estimate of drug-likeness (QED) is 0.779. The van der Waals surface area contributed by atoms with Crippen LogP contribution in [0.2, 0.25) is 5.15 Å². The van der Waals surface area contributed by atoms with Gasteiger partial charge in [0, 0.05) is 18.7 Å². The summed E-state index contributed by atoms with van der Waals surface area (Å²) in [6.45, 7) is 7.58. The van der Waals surface area contributed by atoms with E-state index in [1.165, 1.54) is 6.33 Å². The van der Waals surface area contributed by atoms with Crippen molar-refractivity contribution in [3.63, 3.8) is 0 Å². The molecule has 1 aromatic heterocycles. The highest BCUT2D eigenvalue weighted by Crippen LogP contribution is 2.24. The van der Waals surface area contributed by atoms with E-state index in [0.717, 1.165) is 24.2 Å². The van der Waals surface area contributed by atoms with Crippen LogP contribution in [-0.2, 0) is 11.2 Å². The molecule has 0 radical (unpaired) electrons. The van der Waals surface area contributed by atoms with Crippen LogP contribution in [0.15, 0.2) is 6.33 Å². The molecule has 6 heteroatoms. The van der Waals surface area contributed by atoms with Crippen LogP contribution in [0, 0.1) is 0 Å². The van der Waals surface area contributed by atoms with Crippen LogP contribution in [0.4, 0.5) is 5.82 Å². The van der Waals surface area contributed by atoms with Crippen LogP contribution in [0.5, 0.6) is 0 Å². The van der Waals surface area contributed by atoms with Crippen molar-refractivity contribution in [2.75, 3.05) is 24.5 Å². The van der Waals surface area contributed by atoms with Gasteiger partial charge in [0.2, 0.25) is 5.91 Å². The van der Waals surface area contributed by atoms with E-state index < -0.39 is 0 Å². The van der Waals surface area contributed by atoms with Crippen molar-refractivity contribution < 1.29 is 4.79 Å². The Morgan fingerprint density at radius 2 is 2.11 bits per heavy atom. The van der Waals surface area contributed by atoms with Gasteiger partial charge >= 0.3 is 0 Å². The third-order valence-corrected chi connectivity index (χ3v) is 3.09. The minimum absolute atomic E-state index is 0.0125. The van der Waals surface area contributed by atoms with Gasteiger partial charge in [-0.1, -0.05) is 24.9 Å². The van der Waals surface area contributed by atoms with Gasteiger partial charge in [-0.15, -0.1) is 0 Å². The van der Waals surface area contributed by atoms with Gasteiger partial charge in [-0.05, 0) is 20.3 Å². The Labute approximate surface area is 119 Å². The van der Waals surface area contributed by atoms with Gasteiger partial charge in [0.25, 0.3) is 0 Å². The molecule has 0 saturated heterocycles. The molecule has 1 amide bonds. The summed E-state index contributed by atoms with van der Waals surface area (Å²) >= 11 is 6.13. The summed E-state index contributed by atoms with van der Waals surface area (Å²) in [7, 11) is 0. The van der Waals surface area contributed by atoms with E-state index in [4.69, 9.17) is 11.6 Å². The molecule has 0 aliphatic rings. The van der Waals surface area contributed by atoms with E-state index in [2.05, 4.69) is 22.2 Å². The number of halogens is 1. The predicted octanol–water partition coefficient (Wildman–Crippen LogP) is 2.04. The minimum Gasteiger partial charge on any atom is -0.355 e. The number of likely N-dealkylation sites (N-methyl/N-ethyl adjacent to an activating group) is 2. The molecule has 1 aromatic rings. The largest absolute Gasteiger partial charge is 0.355 e. The third-order valence-electron chi connectivity index (χ3n) is 2.76. The molecule has 19 heavy (non-hydrogen) atoms. The number of hydrogen-bond acceptors (Lipinski definition) is 4. The van der Waals surface area contributed by atoms with Gasteiger partial charge in [0.15, 0.2) is 0 Å². The third kappa shape index (κ3) is 4.35. The molecule has 1 heterocycles. The number of nitrogens with one attached hydrogen (secondary N) is 1. The summed E-state index contributed by atoms with van der Waals surface area (Å²) in [6, 6.07) is 0. The lowest BCUT2D eigenvalue weighted by atomic mass is 10.1. The summed E-state index contributed by atoms with van der Waals surface area (Å²) in [5, 5.41) is 3.26. The van der Waals surface area contributed by atoms with E-state index in [0.29, 0.717) is 18.2 Å². The molecule has 0 bridgehead atoms. The first-order valence-electron chi connectivity index (χ1n) is 6.64. The average molecular weight is 285 g/mol. The molecule has 0 saturated carbocycles. The highest BCUT2D eigenvalue weighted by molar-refractivity contribution is 6.30. The van der Waals surface area contributed by atoms with E-state index in [1.54, 1.807) is 0 Å². The topological polar surface area (TPSA) is 58.1 Å². The molecule has 1 rings (SSSR count). The predicted molar refractivity (Wildman–Crippen MR) is 77.6 cm³/mol. The van der Waals surface area contributed by atoms with E-state index in [-0.39, 0.29) is 12.5 Å². The molecular weight excluding hydrogens is 264 g/mol. The lowest BCUT2D eigenvalue weighted by Crippen LogP contribution is -2.38. The first-order valence-corrected chi connectivity index (χ1v) is 7.02. The van der Waals surface area contributed by atoms with E-state index in [1.807, 2.05) is 18.7 Å². The van der Waals surface area contributed by atoms with Crippen LogP contribution < -0.4 is 10.2 Å². The molecule has 0 unspecified atom stereocenters. The number of nitrogens with zero attached hydrogens (tertiary/aromatic N) is 3. The molecule has 5 nitrogen and oxygen atoms in total. The fourth-order valence-corrected chi connectivity index (χ4v) is 2.11. The summed E-state index contributed by atoms with van der Waals surface area (Å²) in [6.07, 6.45) is 3.21. The Kier molecular flexibility index (Phi) is 6.56. The Balaban J connectivity index is 2.97. The fourth-order valence-electron chi connectivity index (χ4n) is 1.88. The number of carbonyl (C=O) groups is 1. The normalized spacial score (nSPS) is 10.3. The van der Waals surface area contributed by atoms with Crippen LogP contribution in [0.1, 0.15) is 32.8 Å². The zero-order chi connectivity index (χ0) is 14.3. The summed E-state index contributed by atoms with van der Waals surface area (Å²) in [5.41, 5.74) is 0.915. The maximum Gasteiger partial charge on any atom is 0.239 e. The van der Waals surface area contributed by atoms with Crippen molar-refractivity contribution in [3.05, 3.63) is 17.0 Å². The Morgan fingerprint density at radius 3 is 2.68 bits per heavy atom. The standard InChI is InChI=1S/C13H21ClN4O/c1-4-7-10-12(14)16-9-17-13(10)18(6-3)8-11(19)15-5-2/h9H,4-8H2,1-3H3,(H,15,19). The van der Waals surface area contributed by atoms with Crippen molar-refractivity contribution in [1.82, 2.24) is 15.3 Å². The Hall–Kier alpha value is -1.36. The first-order chi connectivity index (χ1) is 9.13. The molecule has 0 spiro atoms. The summed E-state index contributed by atoms with van der Waals surface area (Å²) in [4.78, 5) is 21.9. The molecule has 106 valence electrons. The van der Waals surface area contributed by atoms with E-state index in [9.17, 15) is 4.79 Å². The van der Waals surface area contributed by atoms with Gasteiger partial charge in [-0.2, -0.15) is 0 Å². The molecule has 0 aliphatic heterocycles. The van der Waals surface area contributed by atoms with Gasteiger partial charge in [0.05, 0.1) is 6.54 Å². The van der Waals surface area contributed by atoms with Crippen LogP contribution >= 0.6 is 11.6 Å². The maximum atomic E-state index is 11.7. The van der Waals surface area contributed by atoms with Crippen molar-refractivity contribution in [1.29, 1.82) is 0 Å². The number of anilines is 1. The smallest absolute Gasteiger partial charge is 0.239 e. The van der Waals surface area contributed by atoms with Crippen LogP contribution in [-0.4, -0.2) is 35.5 Å². The van der Waals surface area contributed by atoms with Crippen molar-refractivity contribution in [3.8, 4) is 0 Å². The highest BCUT2D eigenvalue weighted by Gasteiger charge is 2.17. The Bertz CT molecular complexity index is 425. The summed E-state index contributed by atoms with van der Waals surface area (Å²) < 4.78 is 0. The summed E-state index contributed by atoms with van der Waals surface area (Å²) in [5.74, 6) is 0.747. The van der Waals surface area contributed by atoms with Gasteiger partial charge < -0.3 is 10.2 Å². The lowest BCUT2D eigenvalue weighted by Gasteiger charge is -2.23. The van der Waals surface area contributed by atoms with Gasteiger partial charge in [-0.3, -0.25) is 4.79 Å². The number of aromatic nitrogens is 2. The number of hydrogen-bond donors (Lipinski definition) is 1. The molecule has 0 fully saturated rings. The highest BCUT2D eigenvalue weighted by atomic mass is 35.5. The molecular formula is C13H21ClN4O. The van der Waals surface area contributed by atoms with Crippen LogP contribution in [0.3, 0.4) is 0 Å². The zero-order valence-corrected chi connectivity index (χ0v) is 12.5. The lowest BCUT2D eigenvalue weighted by molar-refractivity contribution is -0.119. The molecule has 1 N–H and O–H groups in total. The van der Waals surface area contributed by atoms with Crippen molar-refractivity contribution >= 4 is 23.3 Å². The second-order valence-electron chi connectivity index (χ2n) is 4.18. The van der Waals surface area contributed by atoms with Gasteiger partial charge in [0.1, 0.15) is 17.3 Å². The monoisotopic (exact) mass is 284 g/mol. The molecule has 0 aliphatic carbocycles. The first kappa shape index (κ1) is 15.7. The fraction of sp³-hybridized carbons (Fsp3) is 0.615. The number of carbonyl (C=O) groups excluding carboxylic acids is 1. The van der Waals surface area contributed by atoms with Crippen molar-refractivity contribution in [2.24, 2.45) is 0 Å². The van der Waals surface area contributed by atoms with E-state index >= 15 is 0 Å². The zero-order valence-electron chi connectivity index (χ0n) is 11.7. The maximum absolute atomic E-state index is 11.7. The molecule has 0 atom stereocenters. The second-order valence-corrected chi connectivity index (χ2v) is 4.54. The average Bonchev–Trinajstić information content (AvgIpc) is 2.39. The number of amides is 1. The Morgan fingerprint density at radius 1 is 1.37 bits per heavy atom. The minimum atomic E-state index is -0.0125. The van der Waals surface area contributed by atoms with Crippen LogP contribution in [0.25, 0.3) is 0 Å². The number of rotatable bonds is 7.